The van der Waals surface area contributed by atoms with E-state index < -0.39 is 0 Å². The summed E-state index contributed by atoms with van der Waals surface area (Å²) in [6.45, 7) is 9.34. The Hall–Kier alpha value is -3.24. The summed E-state index contributed by atoms with van der Waals surface area (Å²) in [4.78, 5) is 13.6. The van der Waals surface area contributed by atoms with Crippen molar-refractivity contribution in [3.63, 3.8) is 0 Å². The molecular weight excluding hydrogens is 364 g/mol. The van der Waals surface area contributed by atoms with Gasteiger partial charge in [-0.05, 0) is 26.8 Å². The molecule has 1 aliphatic rings. The van der Waals surface area contributed by atoms with E-state index in [0.717, 1.165) is 48.8 Å². The summed E-state index contributed by atoms with van der Waals surface area (Å²) >= 11 is 0. The van der Waals surface area contributed by atoms with Crippen molar-refractivity contribution < 1.29 is 4.52 Å². The lowest BCUT2D eigenvalue weighted by Gasteiger charge is -2.38. The number of pyridine rings is 1. The molecule has 1 aliphatic heterocycles. The van der Waals surface area contributed by atoms with E-state index in [2.05, 4.69) is 37.9 Å². The number of nitriles is 1. The van der Waals surface area contributed by atoms with Crippen molar-refractivity contribution in [3.05, 3.63) is 59.2 Å². The van der Waals surface area contributed by atoms with Gasteiger partial charge in [0.2, 0.25) is 11.7 Å². The molecule has 7 nitrogen and oxygen atoms in total. The number of aryl methyl sites for hydroxylation is 2. The van der Waals surface area contributed by atoms with Crippen molar-refractivity contribution in [2.45, 2.75) is 26.8 Å². The van der Waals surface area contributed by atoms with Crippen molar-refractivity contribution in [1.29, 1.82) is 5.26 Å². The third kappa shape index (κ3) is 3.84. The molecule has 1 saturated heterocycles. The predicted molar refractivity (Wildman–Crippen MR) is 110 cm³/mol. The average Bonchev–Trinajstić information content (AvgIpc) is 3.24. The van der Waals surface area contributed by atoms with Crippen LogP contribution in [0, 0.1) is 25.2 Å². The van der Waals surface area contributed by atoms with Crippen LogP contribution in [0.25, 0.3) is 11.4 Å². The van der Waals surface area contributed by atoms with E-state index in [1.54, 1.807) is 0 Å². The van der Waals surface area contributed by atoms with E-state index >= 15 is 0 Å². The van der Waals surface area contributed by atoms with Crippen molar-refractivity contribution >= 4 is 5.69 Å². The number of nitrogens with zero attached hydrogens (tertiary/aromatic N) is 6. The van der Waals surface area contributed by atoms with Gasteiger partial charge in [-0.3, -0.25) is 9.88 Å². The van der Waals surface area contributed by atoms with Crippen LogP contribution in [0.5, 0.6) is 0 Å². The minimum absolute atomic E-state index is 0.0402. The normalized spacial score (nSPS) is 15.9. The fourth-order valence-corrected chi connectivity index (χ4v) is 3.81. The molecule has 1 atom stereocenters. The van der Waals surface area contributed by atoms with Gasteiger partial charge >= 0.3 is 0 Å². The lowest BCUT2D eigenvalue weighted by atomic mass is 10.1. The molecule has 0 spiro atoms. The number of aromatic nitrogens is 3. The molecule has 7 heteroatoms. The number of hydrogen-bond donors (Lipinski definition) is 0. The maximum Gasteiger partial charge on any atom is 0.244 e. The second-order valence-corrected chi connectivity index (χ2v) is 7.38. The number of benzene rings is 1. The SMILES string of the molecule is Cc1cc(N2CCN(C(C)c3nc(-c4ccccc4)no3)CC2)c(C#N)c(C)n1. The second-order valence-electron chi connectivity index (χ2n) is 7.38. The van der Waals surface area contributed by atoms with Crippen LogP contribution in [0.3, 0.4) is 0 Å². The molecule has 4 rings (SSSR count). The summed E-state index contributed by atoms with van der Waals surface area (Å²) in [5.41, 5.74) is 4.33. The van der Waals surface area contributed by atoms with Crippen molar-refractivity contribution in [3.8, 4) is 17.5 Å². The highest BCUT2D eigenvalue weighted by Crippen LogP contribution is 2.27. The Bertz CT molecular complexity index is 1030. The average molecular weight is 388 g/mol. The third-order valence-electron chi connectivity index (χ3n) is 5.45. The monoisotopic (exact) mass is 388 g/mol. The maximum absolute atomic E-state index is 9.55. The van der Waals surface area contributed by atoms with Gasteiger partial charge in [0, 0.05) is 37.4 Å². The van der Waals surface area contributed by atoms with Gasteiger partial charge in [0.15, 0.2) is 0 Å². The lowest BCUT2D eigenvalue weighted by Crippen LogP contribution is -2.47. The van der Waals surface area contributed by atoms with Gasteiger partial charge in [-0.1, -0.05) is 35.5 Å². The van der Waals surface area contributed by atoms with Crippen LogP contribution in [0.2, 0.25) is 0 Å². The van der Waals surface area contributed by atoms with Gasteiger partial charge in [-0.15, -0.1) is 0 Å². The van der Waals surface area contributed by atoms with Crippen molar-refractivity contribution in [1.82, 2.24) is 20.0 Å². The zero-order valence-corrected chi connectivity index (χ0v) is 17.0. The summed E-state index contributed by atoms with van der Waals surface area (Å²) in [6.07, 6.45) is 0. The van der Waals surface area contributed by atoms with Crippen LogP contribution in [0.1, 0.15) is 35.8 Å². The van der Waals surface area contributed by atoms with Gasteiger partial charge in [-0.25, -0.2) is 0 Å². The van der Waals surface area contributed by atoms with Gasteiger partial charge in [0.05, 0.1) is 23.0 Å². The van der Waals surface area contributed by atoms with E-state index in [4.69, 9.17) is 4.52 Å². The maximum atomic E-state index is 9.55. The molecule has 1 unspecified atom stereocenters. The highest BCUT2D eigenvalue weighted by Gasteiger charge is 2.27. The topological polar surface area (TPSA) is 82.1 Å². The Labute approximate surface area is 170 Å². The predicted octanol–water partition coefficient (Wildman–Crippen LogP) is 3.50. The molecular formula is C22H24N6O. The van der Waals surface area contributed by atoms with Gasteiger partial charge in [-0.2, -0.15) is 10.2 Å². The van der Waals surface area contributed by atoms with Gasteiger partial charge in [0.1, 0.15) is 6.07 Å². The number of anilines is 1. The van der Waals surface area contributed by atoms with Crippen LogP contribution in [0.4, 0.5) is 5.69 Å². The van der Waals surface area contributed by atoms with E-state index in [1.165, 1.54) is 0 Å². The van der Waals surface area contributed by atoms with Crippen molar-refractivity contribution in [2.75, 3.05) is 31.1 Å². The largest absolute Gasteiger partial charge is 0.368 e. The number of rotatable bonds is 4. The second kappa shape index (κ2) is 8.02. The molecule has 1 aromatic carbocycles. The summed E-state index contributed by atoms with van der Waals surface area (Å²) < 4.78 is 5.55. The van der Waals surface area contributed by atoms with E-state index in [9.17, 15) is 5.26 Å². The number of piperazine rings is 1. The molecule has 0 bridgehead atoms. The van der Waals surface area contributed by atoms with Crippen LogP contribution >= 0.6 is 0 Å². The highest BCUT2D eigenvalue weighted by atomic mass is 16.5. The Balaban J connectivity index is 1.45. The molecule has 0 N–H and O–H groups in total. The molecule has 0 saturated carbocycles. The Morgan fingerprint density at radius 2 is 1.79 bits per heavy atom. The fraction of sp³-hybridized carbons (Fsp3) is 0.364. The summed E-state index contributed by atoms with van der Waals surface area (Å²) in [7, 11) is 0. The zero-order valence-electron chi connectivity index (χ0n) is 17.0. The first kappa shape index (κ1) is 19.1. The van der Waals surface area contributed by atoms with Crippen LogP contribution in [-0.2, 0) is 0 Å². The van der Waals surface area contributed by atoms with Gasteiger partial charge in [0.25, 0.3) is 0 Å². The molecule has 2 aromatic heterocycles. The summed E-state index contributed by atoms with van der Waals surface area (Å²) in [5.74, 6) is 1.25. The summed E-state index contributed by atoms with van der Waals surface area (Å²) in [5, 5.41) is 13.7. The van der Waals surface area contributed by atoms with E-state index in [-0.39, 0.29) is 6.04 Å². The first-order valence-electron chi connectivity index (χ1n) is 9.83. The Morgan fingerprint density at radius 1 is 1.07 bits per heavy atom. The van der Waals surface area contributed by atoms with E-state index in [0.29, 0.717) is 17.3 Å². The van der Waals surface area contributed by atoms with Crippen molar-refractivity contribution in [2.24, 2.45) is 0 Å². The molecule has 148 valence electrons. The molecule has 0 aliphatic carbocycles. The van der Waals surface area contributed by atoms with Crippen LogP contribution in [0.15, 0.2) is 40.9 Å². The molecule has 1 fully saturated rings. The Kier molecular flexibility index (Phi) is 5.28. The molecule has 3 heterocycles. The molecule has 29 heavy (non-hydrogen) atoms. The standard InChI is InChI=1S/C22H24N6O/c1-15-13-20(19(14-23)16(2)24-15)28-11-9-27(10-12-28)17(3)22-25-21(26-29-22)18-7-5-4-6-8-18/h4-8,13,17H,9-12H2,1-3H3. The zero-order chi connectivity index (χ0) is 20.4. The summed E-state index contributed by atoms with van der Waals surface area (Å²) in [6, 6.07) is 14.2. The number of hydrogen-bond acceptors (Lipinski definition) is 7. The highest BCUT2D eigenvalue weighted by molar-refractivity contribution is 5.62. The molecule has 3 aromatic rings. The minimum Gasteiger partial charge on any atom is -0.368 e. The Morgan fingerprint density at radius 3 is 2.48 bits per heavy atom. The lowest BCUT2D eigenvalue weighted by molar-refractivity contribution is 0.164. The third-order valence-corrected chi connectivity index (χ3v) is 5.45. The van der Waals surface area contributed by atoms with Gasteiger partial charge < -0.3 is 9.42 Å². The first-order valence-corrected chi connectivity index (χ1v) is 9.83. The molecule has 0 radical (unpaired) electrons. The first-order chi connectivity index (χ1) is 14.1. The van der Waals surface area contributed by atoms with Crippen LogP contribution in [-0.4, -0.2) is 46.2 Å². The molecule has 0 amide bonds. The quantitative estimate of drug-likeness (QED) is 0.676. The van der Waals surface area contributed by atoms with E-state index in [1.807, 2.05) is 50.2 Å². The smallest absolute Gasteiger partial charge is 0.244 e. The minimum atomic E-state index is 0.0402. The van der Waals surface area contributed by atoms with Crippen LogP contribution < -0.4 is 4.90 Å². The fourth-order valence-electron chi connectivity index (χ4n) is 3.81.